The second kappa shape index (κ2) is 3.97. The number of nitrogens with zero attached hydrogens (tertiary/aromatic N) is 1. The molecule has 12 heavy (non-hydrogen) atoms. The molecule has 0 fully saturated rings. The summed E-state index contributed by atoms with van der Waals surface area (Å²) in [5.74, 6) is 0.638. The first-order valence-electron chi connectivity index (χ1n) is 3.50. The summed E-state index contributed by atoms with van der Waals surface area (Å²) in [4.78, 5) is 4.00. The lowest BCUT2D eigenvalue weighted by Crippen LogP contribution is -2.03. The number of hydrogen-bond acceptors (Lipinski definition) is 3. The first-order valence-corrected chi connectivity index (χ1v) is 3.87. The predicted molar refractivity (Wildman–Crippen MR) is 52.3 cm³/mol. The SMILES string of the molecule is C=CCNc1ncc(Cl)cc1N. The molecule has 1 rings (SSSR count). The van der Waals surface area contributed by atoms with Crippen molar-refractivity contribution in [2.75, 3.05) is 17.6 Å². The van der Waals surface area contributed by atoms with Gasteiger partial charge in [-0.1, -0.05) is 17.7 Å². The Morgan fingerprint density at radius 3 is 3.08 bits per heavy atom. The molecule has 3 N–H and O–H groups in total. The van der Waals surface area contributed by atoms with Crippen LogP contribution in [0.5, 0.6) is 0 Å². The molecule has 0 saturated heterocycles. The Labute approximate surface area is 76.2 Å². The first kappa shape index (κ1) is 8.87. The highest BCUT2D eigenvalue weighted by atomic mass is 35.5. The summed E-state index contributed by atoms with van der Waals surface area (Å²) in [6.45, 7) is 4.20. The molecule has 0 aliphatic rings. The van der Waals surface area contributed by atoms with Gasteiger partial charge in [-0.15, -0.1) is 6.58 Å². The first-order chi connectivity index (χ1) is 5.74. The van der Waals surface area contributed by atoms with Crippen molar-refractivity contribution in [2.24, 2.45) is 0 Å². The van der Waals surface area contributed by atoms with Gasteiger partial charge in [-0.3, -0.25) is 0 Å². The van der Waals surface area contributed by atoms with Gasteiger partial charge in [0.2, 0.25) is 0 Å². The van der Waals surface area contributed by atoms with Crippen LogP contribution in [0, 0.1) is 0 Å². The van der Waals surface area contributed by atoms with Crippen LogP contribution in [0.2, 0.25) is 5.02 Å². The monoisotopic (exact) mass is 183 g/mol. The zero-order valence-corrected chi connectivity index (χ0v) is 7.30. The third-order valence-corrected chi connectivity index (χ3v) is 1.50. The van der Waals surface area contributed by atoms with Crippen molar-refractivity contribution in [1.82, 2.24) is 4.98 Å². The van der Waals surface area contributed by atoms with E-state index in [0.717, 1.165) is 0 Å². The van der Waals surface area contributed by atoms with Crippen LogP contribution in [0.15, 0.2) is 24.9 Å². The quantitative estimate of drug-likeness (QED) is 0.704. The summed E-state index contributed by atoms with van der Waals surface area (Å²) in [7, 11) is 0. The molecule has 0 aliphatic heterocycles. The van der Waals surface area contributed by atoms with Crippen LogP contribution in [0.1, 0.15) is 0 Å². The molecule has 0 saturated carbocycles. The largest absolute Gasteiger partial charge is 0.396 e. The Morgan fingerprint density at radius 1 is 1.75 bits per heavy atom. The maximum absolute atomic E-state index is 5.66. The van der Waals surface area contributed by atoms with Crippen LogP contribution in [0.3, 0.4) is 0 Å². The van der Waals surface area contributed by atoms with Crippen LogP contribution in [-0.4, -0.2) is 11.5 Å². The van der Waals surface area contributed by atoms with E-state index in [4.69, 9.17) is 17.3 Å². The lowest BCUT2D eigenvalue weighted by atomic mass is 10.4. The van der Waals surface area contributed by atoms with E-state index >= 15 is 0 Å². The summed E-state index contributed by atoms with van der Waals surface area (Å²) in [5, 5.41) is 3.52. The summed E-state index contributed by atoms with van der Waals surface area (Å²) < 4.78 is 0. The smallest absolute Gasteiger partial charge is 0.149 e. The van der Waals surface area contributed by atoms with Gasteiger partial charge in [-0.25, -0.2) is 4.98 Å². The normalized spacial score (nSPS) is 9.42. The number of hydrogen-bond donors (Lipinski definition) is 2. The van der Waals surface area contributed by atoms with E-state index in [-0.39, 0.29) is 0 Å². The number of halogens is 1. The van der Waals surface area contributed by atoms with Gasteiger partial charge in [0, 0.05) is 12.7 Å². The van der Waals surface area contributed by atoms with E-state index in [1.54, 1.807) is 18.3 Å². The lowest BCUT2D eigenvalue weighted by Gasteiger charge is -2.05. The standard InChI is InChI=1S/C8H10ClN3/c1-2-3-11-8-7(10)4-6(9)5-12-8/h2,4-5H,1,3,10H2,(H,11,12). The maximum atomic E-state index is 5.66. The molecular weight excluding hydrogens is 174 g/mol. The van der Waals surface area contributed by atoms with E-state index in [1.165, 1.54) is 0 Å². The van der Waals surface area contributed by atoms with Crippen LogP contribution in [-0.2, 0) is 0 Å². The van der Waals surface area contributed by atoms with Gasteiger partial charge in [-0.05, 0) is 6.07 Å². The van der Waals surface area contributed by atoms with Crippen molar-refractivity contribution in [3.63, 3.8) is 0 Å². The second-order valence-corrected chi connectivity index (χ2v) is 2.70. The lowest BCUT2D eigenvalue weighted by molar-refractivity contribution is 1.23. The number of nitrogens with two attached hydrogens (primary N) is 1. The van der Waals surface area contributed by atoms with Gasteiger partial charge in [0.15, 0.2) is 0 Å². The molecule has 0 unspecified atom stereocenters. The molecule has 0 amide bonds. The highest BCUT2D eigenvalue weighted by molar-refractivity contribution is 6.30. The van der Waals surface area contributed by atoms with Gasteiger partial charge in [0.1, 0.15) is 5.82 Å². The van der Waals surface area contributed by atoms with Gasteiger partial charge >= 0.3 is 0 Å². The Balaban J connectivity index is 2.78. The number of nitrogen functional groups attached to an aromatic ring is 1. The molecule has 0 spiro atoms. The number of anilines is 2. The number of nitrogens with one attached hydrogen (secondary N) is 1. The fourth-order valence-corrected chi connectivity index (χ4v) is 0.938. The fraction of sp³-hybridized carbons (Fsp3) is 0.125. The third kappa shape index (κ3) is 2.13. The number of pyridine rings is 1. The molecule has 1 aromatic heterocycles. The number of aromatic nitrogens is 1. The Morgan fingerprint density at radius 2 is 2.50 bits per heavy atom. The number of rotatable bonds is 3. The van der Waals surface area contributed by atoms with Crippen molar-refractivity contribution in [3.8, 4) is 0 Å². The third-order valence-electron chi connectivity index (χ3n) is 1.30. The minimum atomic E-state index is 0.539. The van der Waals surface area contributed by atoms with Gasteiger partial charge < -0.3 is 11.1 Å². The van der Waals surface area contributed by atoms with Crippen LogP contribution >= 0.6 is 11.6 Å². The fourth-order valence-electron chi connectivity index (χ4n) is 0.771. The van der Waals surface area contributed by atoms with Crippen molar-refractivity contribution in [2.45, 2.75) is 0 Å². The zero-order valence-electron chi connectivity index (χ0n) is 6.55. The predicted octanol–water partition coefficient (Wildman–Crippen LogP) is 1.92. The van der Waals surface area contributed by atoms with Crippen molar-refractivity contribution >= 4 is 23.1 Å². The van der Waals surface area contributed by atoms with Crippen molar-refractivity contribution in [3.05, 3.63) is 29.9 Å². The molecule has 0 atom stereocenters. The van der Waals surface area contributed by atoms with Crippen LogP contribution in [0.25, 0.3) is 0 Å². The van der Waals surface area contributed by atoms with E-state index in [2.05, 4.69) is 16.9 Å². The van der Waals surface area contributed by atoms with E-state index in [9.17, 15) is 0 Å². The Hall–Kier alpha value is -1.22. The van der Waals surface area contributed by atoms with Crippen LogP contribution < -0.4 is 11.1 Å². The highest BCUT2D eigenvalue weighted by Gasteiger charge is 1.98. The molecule has 1 heterocycles. The van der Waals surface area contributed by atoms with Gasteiger partial charge in [0.05, 0.1) is 10.7 Å². The molecule has 0 radical (unpaired) electrons. The minimum absolute atomic E-state index is 0.539. The second-order valence-electron chi connectivity index (χ2n) is 2.26. The summed E-state index contributed by atoms with van der Waals surface area (Å²) in [6.07, 6.45) is 3.28. The molecule has 0 aliphatic carbocycles. The molecule has 64 valence electrons. The van der Waals surface area contributed by atoms with Crippen LogP contribution in [0.4, 0.5) is 11.5 Å². The van der Waals surface area contributed by atoms with Gasteiger partial charge in [-0.2, -0.15) is 0 Å². The zero-order chi connectivity index (χ0) is 8.97. The molecule has 1 aromatic rings. The summed E-state index contributed by atoms with van der Waals surface area (Å²) in [5.41, 5.74) is 6.16. The average Bonchev–Trinajstić information content (AvgIpc) is 2.03. The van der Waals surface area contributed by atoms with E-state index in [1.807, 2.05) is 0 Å². The maximum Gasteiger partial charge on any atom is 0.149 e. The highest BCUT2D eigenvalue weighted by Crippen LogP contribution is 2.18. The Kier molecular flexibility index (Phi) is 2.94. The molecule has 0 aromatic carbocycles. The van der Waals surface area contributed by atoms with Gasteiger partial charge in [0.25, 0.3) is 0 Å². The molecule has 4 heteroatoms. The van der Waals surface area contributed by atoms with Crippen molar-refractivity contribution in [1.29, 1.82) is 0 Å². The summed E-state index contributed by atoms with van der Waals surface area (Å²) >= 11 is 5.66. The van der Waals surface area contributed by atoms with E-state index < -0.39 is 0 Å². The Bertz CT molecular complexity index is 286. The molecule has 3 nitrogen and oxygen atoms in total. The topological polar surface area (TPSA) is 50.9 Å². The van der Waals surface area contributed by atoms with E-state index in [0.29, 0.717) is 23.1 Å². The summed E-state index contributed by atoms with van der Waals surface area (Å²) in [6, 6.07) is 1.65. The average molecular weight is 184 g/mol. The molecule has 0 bridgehead atoms. The van der Waals surface area contributed by atoms with Crippen molar-refractivity contribution < 1.29 is 0 Å². The minimum Gasteiger partial charge on any atom is -0.396 e. The molecular formula is C8H10ClN3.